The van der Waals surface area contributed by atoms with E-state index >= 15 is 0 Å². The van der Waals surface area contributed by atoms with Crippen LogP contribution in [-0.2, 0) is 10.1 Å². The van der Waals surface area contributed by atoms with Crippen molar-refractivity contribution < 1.29 is 23.2 Å². The first-order valence-electron chi connectivity index (χ1n) is 2.89. The summed E-state index contributed by atoms with van der Waals surface area (Å²) < 4.78 is 31.1. The minimum atomic E-state index is -4.72. The second kappa shape index (κ2) is 4.47. The van der Waals surface area contributed by atoms with Gasteiger partial charge in [0.05, 0.1) is 4.90 Å². The molecule has 13 heavy (non-hydrogen) atoms. The Morgan fingerprint density at radius 1 is 1.23 bits per heavy atom. The summed E-state index contributed by atoms with van der Waals surface area (Å²) in [6.45, 7) is 0. The van der Waals surface area contributed by atoms with Crippen LogP contribution in [0.2, 0.25) is 0 Å². The maximum absolute atomic E-state index is 10.4. The smallest absolute Gasteiger partial charge is 0.744 e. The van der Waals surface area contributed by atoms with E-state index in [4.69, 9.17) is 10.2 Å². The number of hydrogen-bond acceptors (Lipinski definition) is 5. The summed E-state index contributed by atoms with van der Waals surface area (Å²) in [6, 6.07) is 2.70. The van der Waals surface area contributed by atoms with E-state index in [9.17, 15) is 13.0 Å². The first kappa shape index (κ1) is 13.0. The summed E-state index contributed by atoms with van der Waals surface area (Å²) in [6.07, 6.45) is 0. The van der Waals surface area contributed by atoms with Gasteiger partial charge in [-0.1, -0.05) is 0 Å². The van der Waals surface area contributed by atoms with E-state index in [1.165, 1.54) is 0 Å². The number of phenols is 2. The van der Waals surface area contributed by atoms with Crippen molar-refractivity contribution in [3.63, 3.8) is 0 Å². The van der Waals surface area contributed by atoms with Crippen molar-refractivity contribution in [3.05, 3.63) is 18.2 Å². The molecule has 0 heterocycles. The Balaban J connectivity index is 0.00000144. The molecule has 0 saturated heterocycles. The quantitative estimate of drug-likeness (QED) is 0.388. The van der Waals surface area contributed by atoms with Crippen LogP contribution in [0, 0.1) is 0 Å². The Hall–Kier alpha value is -0.0103. The molecule has 0 aromatic heterocycles. The van der Waals surface area contributed by atoms with Crippen LogP contribution in [0.25, 0.3) is 0 Å². The molecular weight excluding hydrogens is 224 g/mol. The fourth-order valence-electron chi connectivity index (χ4n) is 0.703. The van der Waals surface area contributed by atoms with E-state index in [-0.39, 0.29) is 43.5 Å². The first-order valence-corrected chi connectivity index (χ1v) is 4.30. The fraction of sp³-hybridized carbons (Fsp3) is 0. The van der Waals surface area contributed by atoms with E-state index in [1.807, 2.05) is 0 Å². The molecule has 0 bridgehead atoms. The van der Waals surface area contributed by atoms with Gasteiger partial charge in [-0.05, 0) is 12.1 Å². The van der Waals surface area contributed by atoms with Crippen LogP contribution in [0.5, 0.6) is 11.5 Å². The van der Waals surface area contributed by atoms with Gasteiger partial charge in [-0.2, -0.15) is 0 Å². The van der Waals surface area contributed by atoms with Crippen molar-refractivity contribution in [1.82, 2.24) is 0 Å². The number of benzene rings is 1. The van der Waals surface area contributed by atoms with E-state index in [2.05, 4.69) is 0 Å². The minimum absolute atomic E-state index is 0. The van der Waals surface area contributed by atoms with E-state index in [0.717, 1.165) is 12.1 Å². The molecule has 0 aliphatic carbocycles. The zero-order valence-corrected chi connectivity index (χ0v) is 9.49. The van der Waals surface area contributed by atoms with E-state index in [1.54, 1.807) is 0 Å². The predicted octanol–water partition coefficient (Wildman–Crippen LogP) is -0.379. The molecule has 5 nitrogen and oxygen atoms in total. The topological polar surface area (TPSA) is 97.7 Å². The molecule has 66 valence electrons. The van der Waals surface area contributed by atoms with Gasteiger partial charge in [-0.3, -0.25) is 0 Å². The van der Waals surface area contributed by atoms with Gasteiger partial charge in [0.15, 0.2) is 0 Å². The summed E-state index contributed by atoms with van der Waals surface area (Å²) in [5.41, 5.74) is 0. The van der Waals surface area contributed by atoms with Crippen molar-refractivity contribution in [3.8, 4) is 11.5 Å². The standard InChI is InChI=1S/C6H6O5S.Ca/c7-4-1-2-5(8)6(3-4)12(9,10)11;/h1-3,7-8H,(H,9,10,11);/q;+2/p-1. The van der Waals surface area contributed by atoms with Crippen molar-refractivity contribution in [2.24, 2.45) is 0 Å². The van der Waals surface area contributed by atoms with Gasteiger partial charge < -0.3 is 14.8 Å². The SMILES string of the molecule is O=S(=O)([O-])c1cc(O)ccc1O.[Ca+2]. The predicted molar refractivity (Wildman–Crippen MR) is 43.5 cm³/mol. The van der Waals surface area contributed by atoms with Gasteiger partial charge >= 0.3 is 37.7 Å². The molecule has 0 saturated carbocycles. The monoisotopic (exact) mass is 229 g/mol. The summed E-state index contributed by atoms with van der Waals surface area (Å²) >= 11 is 0. The third-order valence-corrected chi connectivity index (χ3v) is 2.08. The molecule has 0 aliphatic rings. The van der Waals surface area contributed by atoms with Crippen LogP contribution in [0.4, 0.5) is 0 Å². The molecule has 7 heteroatoms. The third kappa shape index (κ3) is 3.32. The van der Waals surface area contributed by atoms with Gasteiger partial charge in [0.2, 0.25) is 0 Å². The van der Waals surface area contributed by atoms with Crippen LogP contribution in [0.15, 0.2) is 23.1 Å². The molecule has 1 aromatic rings. The van der Waals surface area contributed by atoms with Crippen LogP contribution < -0.4 is 0 Å². The Kier molecular flexibility index (Phi) is 4.47. The van der Waals surface area contributed by atoms with Crippen molar-refractivity contribution in [2.45, 2.75) is 4.90 Å². The third-order valence-electron chi connectivity index (χ3n) is 1.21. The molecule has 0 spiro atoms. The summed E-state index contributed by atoms with van der Waals surface area (Å²) in [7, 11) is -4.72. The van der Waals surface area contributed by atoms with Gasteiger partial charge in [0, 0.05) is 6.07 Å². The van der Waals surface area contributed by atoms with Gasteiger partial charge in [-0.15, -0.1) is 0 Å². The largest absolute Gasteiger partial charge is 2.00 e. The number of hydrogen-bond donors (Lipinski definition) is 2. The molecule has 1 aromatic carbocycles. The summed E-state index contributed by atoms with van der Waals surface area (Å²) in [5.74, 6) is -1.05. The molecule has 0 fully saturated rings. The van der Waals surface area contributed by atoms with Crippen LogP contribution in [0.1, 0.15) is 0 Å². The van der Waals surface area contributed by atoms with Gasteiger partial charge in [0.1, 0.15) is 21.6 Å². The normalized spacial score (nSPS) is 10.5. The van der Waals surface area contributed by atoms with E-state index < -0.39 is 20.8 Å². The van der Waals surface area contributed by atoms with Crippen LogP contribution >= 0.6 is 0 Å². The Morgan fingerprint density at radius 3 is 2.15 bits per heavy atom. The van der Waals surface area contributed by atoms with E-state index in [0.29, 0.717) is 6.07 Å². The molecular formula is C6H5CaO5S+. The first-order chi connectivity index (χ1) is 5.41. The zero-order chi connectivity index (χ0) is 9.35. The Bertz CT molecular complexity index is 399. The molecule has 0 amide bonds. The van der Waals surface area contributed by atoms with Crippen molar-refractivity contribution >= 4 is 47.9 Å². The van der Waals surface area contributed by atoms with Crippen LogP contribution in [-0.4, -0.2) is 60.9 Å². The Labute approximate surface area is 105 Å². The minimum Gasteiger partial charge on any atom is -0.744 e. The maximum Gasteiger partial charge on any atom is 2.00 e. The number of phenolic OH excluding ortho intramolecular Hbond substituents is 2. The molecule has 2 N–H and O–H groups in total. The fourth-order valence-corrected chi connectivity index (χ4v) is 1.29. The maximum atomic E-state index is 10.4. The van der Waals surface area contributed by atoms with Crippen LogP contribution in [0.3, 0.4) is 0 Å². The average Bonchev–Trinajstić information content (AvgIpc) is 1.92. The number of aromatic hydroxyl groups is 2. The van der Waals surface area contributed by atoms with Crippen molar-refractivity contribution in [2.75, 3.05) is 0 Å². The molecule has 0 atom stereocenters. The average molecular weight is 229 g/mol. The summed E-state index contributed by atoms with van der Waals surface area (Å²) in [5, 5.41) is 17.7. The molecule has 0 aliphatic heterocycles. The van der Waals surface area contributed by atoms with Crippen molar-refractivity contribution in [1.29, 1.82) is 0 Å². The molecule has 0 radical (unpaired) electrons. The summed E-state index contributed by atoms with van der Waals surface area (Å²) in [4.78, 5) is -0.817. The van der Waals surface area contributed by atoms with Gasteiger partial charge in [-0.25, -0.2) is 8.42 Å². The molecule has 1 rings (SSSR count). The molecule has 0 unspecified atom stereocenters. The second-order valence-electron chi connectivity index (χ2n) is 2.11. The van der Waals surface area contributed by atoms with Gasteiger partial charge in [0.25, 0.3) is 0 Å². The Morgan fingerprint density at radius 2 is 1.77 bits per heavy atom. The zero-order valence-electron chi connectivity index (χ0n) is 6.47. The second-order valence-corrected chi connectivity index (χ2v) is 3.45. The number of rotatable bonds is 1.